The SMILES string of the molecule is COc1ccc(C(CC(=O)O)NC(=O)c2ccc3c(c2)CCO3)cc1OC. The summed E-state index contributed by atoms with van der Waals surface area (Å²) in [6.07, 6.45) is 0.500. The summed E-state index contributed by atoms with van der Waals surface area (Å²) in [6.45, 7) is 0.605. The summed E-state index contributed by atoms with van der Waals surface area (Å²) < 4.78 is 15.9. The summed E-state index contributed by atoms with van der Waals surface area (Å²) >= 11 is 0. The lowest BCUT2D eigenvalue weighted by Gasteiger charge is -2.19. The van der Waals surface area contributed by atoms with Crippen molar-refractivity contribution in [3.63, 3.8) is 0 Å². The van der Waals surface area contributed by atoms with Crippen LogP contribution in [0.15, 0.2) is 36.4 Å². The number of carbonyl (C=O) groups is 2. The number of carboxylic acid groups (broad SMARTS) is 1. The van der Waals surface area contributed by atoms with E-state index in [9.17, 15) is 14.7 Å². The van der Waals surface area contributed by atoms with E-state index in [1.54, 1.807) is 36.4 Å². The number of amides is 1. The van der Waals surface area contributed by atoms with E-state index in [-0.39, 0.29) is 12.3 Å². The van der Waals surface area contributed by atoms with E-state index in [2.05, 4.69) is 5.32 Å². The number of methoxy groups -OCH3 is 2. The van der Waals surface area contributed by atoms with Gasteiger partial charge >= 0.3 is 5.97 Å². The van der Waals surface area contributed by atoms with Crippen LogP contribution < -0.4 is 19.5 Å². The summed E-state index contributed by atoms with van der Waals surface area (Å²) in [6, 6.07) is 9.58. The summed E-state index contributed by atoms with van der Waals surface area (Å²) in [4.78, 5) is 24.0. The van der Waals surface area contributed by atoms with Crippen LogP contribution in [-0.4, -0.2) is 37.8 Å². The normalized spacial score (nSPS) is 13.3. The van der Waals surface area contributed by atoms with Crippen molar-refractivity contribution in [1.29, 1.82) is 0 Å². The van der Waals surface area contributed by atoms with Crippen molar-refractivity contribution in [2.75, 3.05) is 20.8 Å². The highest BCUT2D eigenvalue weighted by atomic mass is 16.5. The molecule has 2 aromatic carbocycles. The molecule has 3 rings (SSSR count). The number of nitrogens with one attached hydrogen (secondary N) is 1. The van der Waals surface area contributed by atoms with Crippen LogP contribution in [-0.2, 0) is 11.2 Å². The van der Waals surface area contributed by atoms with Crippen molar-refractivity contribution in [3.8, 4) is 17.2 Å². The lowest BCUT2D eigenvalue weighted by Crippen LogP contribution is -2.30. The van der Waals surface area contributed by atoms with Gasteiger partial charge < -0.3 is 24.6 Å². The van der Waals surface area contributed by atoms with Crippen LogP contribution in [0.5, 0.6) is 17.2 Å². The Labute approximate surface area is 156 Å². The zero-order valence-electron chi connectivity index (χ0n) is 15.2. The van der Waals surface area contributed by atoms with Crippen molar-refractivity contribution in [3.05, 3.63) is 53.1 Å². The monoisotopic (exact) mass is 371 g/mol. The minimum absolute atomic E-state index is 0.255. The van der Waals surface area contributed by atoms with Gasteiger partial charge in [-0.05, 0) is 41.5 Å². The maximum absolute atomic E-state index is 12.7. The van der Waals surface area contributed by atoms with Gasteiger partial charge in [-0.1, -0.05) is 6.07 Å². The molecule has 1 aliphatic heterocycles. The van der Waals surface area contributed by atoms with E-state index < -0.39 is 12.0 Å². The number of benzene rings is 2. The van der Waals surface area contributed by atoms with Gasteiger partial charge in [-0.25, -0.2) is 0 Å². The number of fused-ring (bicyclic) bond motifs is 1. The van der Waals surface area contributed by atoms with Crippen LogP contribution in [0.1, 0.15) is 33.9 Å². The fraction of sp³-hybridized carbons (Fsp3) is 0.300. The third kappa shape index (κ3) is 4.13. The van der Waals surface area contributed by atoms with Crippen LogP contribution in [0.25, 0.3) is 0 Å². The second kappa shape index (κ2) is 7.99. The van der Waals surface area contributed by atoms with Gasteiger partial charge in [-0.2, -0.15) is 0 Å². The van der Waals surface area contributed by atoms with E-state index in [0.29, 0.717) is 29.2 Å². The zero-order chi connectivity index (χ0) is 19.4. The van der Waals surface area contributed by atoms with Crippen molar-refractivity contribution in [2.24, 2.45) is 0 Å². The molecule has 0 spiro atoms. The molecule has 1 atom stereocenters. The van der Waals surface area contributed by atoms with Gasteiger partial charge in [0, 0.05) is 12.0 Å². The molecule has 7 heteroatoms. The lowest BCUT2D eigenvalue weighted by molar-refractivity contribution is -0.137. The zero-order valence-corrected chi connectivity index (χ0v) is 15.2. The van der Waals surface area contributed by atoms with Crippen molar-refractivity contribution < 1.29 is 28.9 Å². The number of carboxylic acids is 1. The second-order valence-corrected chi connectivity index (χ2v) is 6.16. The molecule has 2 aromatic rings. The standard InChI is InChI=1S/C20H21NO6/c1-25-17-6-3-12(10-18(17)26-2)15(11-19(22)23)21-20(24)14-4-5-16-13(9-14)7-8-27-16/h3-6,9-10,15H,7-8,11H2,1-2H3,(H,21,24)(H,22,23). The van der Waals surface area contributed by atoms with Gasteiger partial charge in [-0.15, -0.1) is 0 Å². The van der Waals surface area contributed by atoms with Gasteiger partial charge in [0.15, 0.2) is 11.5 Å². The Bertz CT molecular complexity index is 864. The topological polar surface area (TPSA) is 94.1 Å². The first-order valence-corrected chi connectivity index (χ1v) is 8.52. The van der Waals surface area contributed by atoms with Crippen LogP contribution in [0.2, 0.25) is 0 Å². The molecule has 0 aromatic heterocycles. The molecule has 2 N–H and O–H groups in total. The van der Waals surface area contributed by atoms with Gasteiger partial charge in [0.25, 0.3) is 5.91 Å². The van der Waals surface area contributed by atoms with Gasteiger partial charge in [0.1, 0.15) is 5.75 Å². The van der Waals surface area contributed by atoms with E-state index >= 15 is 0 Å². The molecule has 7 nitrogen and oxygen atoms in total. The van der Waals surface area contributed by atoms with E-state index in [0.717, 1.165) is 17.7 Å². The van der Waals surface area contributed by atoms with Crippen molar-refractivity contribution >= 4 is 11.9 Å². The van der Waals surface area contributed by atoms with Crippen molar-refractivity contribution in [1.82, 2.24) is 5.32 Å². The van der Waals surface area contributed by atoms with Crippen LogP contribution >= 0.6 is 0 Å². The quantitative estimate of drug-likeness (QED) is 0.777. The Morgan fingerprint density at radius 1 is 1.15 bits per heavy atom. The second-order valence-electron chi connectivity index (χ2n) is 6.16. The molecular formula is C20H21NO6. The van der Waals surface area contributed by atoms with Gasteiger partial charge in [0.2, 0.25) is 0 Å². The first-order valence-electron chi connectivity index (χ1n) is 8.52. The highest BCUT2D eigenvalue weighted by Crippen LogP contribution is 2.31. The van der Waals surface area contributed by atoms with Gasteiger partial charge in [-0.3, -0.25) is 9.59 Å². The van der Waals surface area contributed by atoms with E-state index in [1.165, 1.54) is 14.2 Å². The highest BCUT2D eigenvalue weighted by molar-refractivity contribution is 5.95. The Balaban J connectivity index is 1.85. The lowest BCUT2D eigenvalue weighted by atomic mass is 10.0. The molecule has 0 saturated carbocycles. The number of carbonyl (C=O) groups excluding carboxylic acids is 1. The Morgan fingerprint density at radius 2 is 1.93 bits per heavy atom. The van der Waals surface area contributed by atoms with Gasteiger partial charge in [0.05, 0.1) is 33.3 Å². The number of rotatable bonds is 7. The summed E-state index contributed by atoms with van der Waals surface area (Å²) in [5.41, 5.74) is 2.06. The molecule has 0 fully saturated rings. The first kappa shape index (κ1) is 18.6. The molecule has 1 heterocycles. The molecule has 1 amide bonds. The van der Waals surface area contributed by atoms with Crippen molar-refractivity contribution in [2.45, 2.75) is 18.9 Å². The third-order valence-corrected chi connectivity index (χ3v) is 4.45. The molecular weight excluding hydrogens is 350 g/mol. The van der Waals surface area contributed by atoms with E-state index in [1.807, 2.05) is 0 Å². The molecule has 27 heavy (non-hydrogen) atoms. The van der Waals surface area contributed by atoms with E-state index in [4.69, 9.17) is 14.2 Å². The molecule has 1 unspecified atom stereocenters. The molecule has 142 valence electrons. The molecule has 0 radical (unpaired) electrons. The maximum Gasteiger partial charge on any atom is 0.305 e. The average molecular weight is 371 g/mol. The summed E-state index contributed by atoms with van der Waals surface area (Å²) in [7, 11) is 3.02. The molecule has 0 saturated heterocycles. The van der Waals surface area contributed by atoms with Crippen LogP contribution in [0, 0.1) is 0 Å². The minimum Gasteiger partial charge on any atom is -0.493 e. The highest BCUT2D eigenvalue weighted by Gasteiger charge is 2.22. The molecule has 0 bridgehead atoms. The predicted octanol–water partition coefficient (Wildman–Crippen LogP) is 2.58. The van der Waals surface area contributed by atoms with Crippen LogP contribution in [0.4, 0.5) is 0 Å². The number of ether oxygens (including phenoxy) is 3. The minimum atomic E-state index is -1.02. The Kier molecular flexibility index (Phi) is 5.49. The largest absolute Gasteiger partial charge is 0.493 e. The Hall–Kier alpha value is -3.22. The number of aliphatic carboxylic acids is 1. The number of hydrogen-bond donors (Lipinski definition) is 2. The fourth-order valence-electron chi connectivity index (χ4n) is 3.07. The molecule has 0 aliphatic carbocycles. The molecule has 1 aliphatic rings. The number of hydrogen-bond acceptors (Lipinski definition) is 5. The smallest absolute Gasteiger partial charge is 0.305 e. The first-order chi connectivity index (χ1) is 13.0. The predicted molar refractivity (Wildman–Crippen MR) is 97.6 cm³/mol. The summed E-state index contributed by atoms with van der Waals surface area (Å²) in [5, 5.41) is 12.1. The van der Waals surface area contributed by atoms with Crippen LogP contribution in [0.3, 0.4) is 0 Å². The maximum atomic E-state index is 12.7. The Morgan fingerprint density at radius 3 is 2.63 bits per heavy atom. The third-order valence-electron chi connectivity index (χ3n) is 4.45. The summed E-state index contributed by atoms with van der Waals surface area (Å²) in [5.74, 6) is 0.422. The average Bonchev–Trinajstić information content (AvgIpc) is 3.14. The fourth-order valence-corrected chi connectivity index (χ4v) is 3.07.